The summed E-state index contributed by atoms with van der Waals surface area (Å²) in [5.74, 6) is -3.04. The zero-order valence-corrected chi connectivity index (χ0v) is 16.3. The van der Waals surface area contributed by atoms with Gasteiger partial charge < -0.3 is 9.47 Å². The number of carbonyl (C=O) groups is 2. The van der Waals surface area contributed by atoms with E-state index in [9.17, 15) is 35.9 Å². The molecule has 166 valence electrons. The second kappa shape index (κ2) is 7.17. The van der Waals surface area contributed by atoms with Gasteiger partial charge in [-0.2, -0.15) is 26.3 Å². The Labute approximate surface area is 164 Å². The molecule has 0 N–H and O–H groups in total. The number of hydrogen-bond acceptors (Lipinski definition) is 4. The van der Waals surface area contributed by atoms with Crippen molar-refractivity contribution in [1.82, 2.24) is 4.90 Å². The van der Waals surface area contributed by atoms with Crippen molar-refractivity contribution in [3.05, 3.63) is 12.2 Å². The van der Waals surface area contributed by atoms with Crippen LogP contribution in [0.4, 0.5) is 26.3 Å². The standard InChI is InChI=1S/C18H23F6NO4/c1-11-10-28-16(17(19,20)21,18(22,23)24)25(13(11)27)9-12(26)29-15(14(2,3)4)7-5-6-8-15/h1,5-10H2,2-4H3. The Bertz CT molecular complexity index is 672. The first kappa shape index (κ1) is 23.5. The van der Waals surface area contributed by atoms with Gasteiger partial charge in [0.15, 0.2) is 0 Å². The van der Waals surface area contributed by atoms with E-state index >= 15 is 0 Å². The Morgan fingerprint density at radius 1 is 1.10 bits per heavy atom. The number of nitrogens with zero attached hydrogens (tertiary/aromatic N) is 1. The lowest BCUT2D eigenvalue weighted by atomic mass is 9.75. The van der Waals surface area contributed by atoms with Crippen LogP contribution in [0.15, 0.2) is 12.2 Å². The van der Waals surface area contributed by atoms with Crippen LogP contribution in [-0.4, -0.2) is 53.6 Å². The molecular weight excluding hydrogens is 408 g/mol. The summed E-state index contributed by atoms with van der Waals surface area (Å²) in [5, 5.41) is 0. The van der Waals surface area contributed by atoms with Gasteiger partial charge in [-0.1, -0.05) is 27.4 Å². The molecule has 0 unspecified atom stereocenters. The van der Waals surface area contributed by atoms with Crippen LogP contribution in [0.5, 0.6) is 0 Å². The molecule has 0 aromatic carbocycles. The van der Waals surface area contributed by atoms with Crippen LogP contribution in [-0.2, 0) is 19.1 Å². The van der Waals surface area contributed by atoms with Crippen molar-refractivity contribution in [2.45, 2.75) is 70.1 Å². The molecule has 5 nitrogen and oxygen atoms in total. The Morgan fingerprint density at radius 3 is 2.00 bits per heavy atom. The summed E-state index contributed by atoms with van der Waals surface area (Å²) in [7, 11) is 0. The average Bonchev–Trinajstić information content (AvgIpc) is 2.99. The third-order valence-corrected chi connectivity index (χ3v) is 5.53. The number of ether oxygens (including phenoxy) is 2. The Balaban J connectivity index is 2.41. The third kappa shape index (κ3) is 3.85. The van der Waals surface area contributed by atoms with Crippen LogP contribution in [0.3, 0.4) is 0 Å². The molecule has 2 aliphatic rings. The average molecular weight is 431 g/mol. The molecule has 1 saturated heterocycles. The summed E-state index contributed by atoms with van der Waals surface area (Å²) >= 11 is 0. The first-order valence-electron chi connectivity index (χ1n) is 8.97. The van der Waals surface area contributed by atoms with Crippen molar-refractivity contribution in [3.8, 4) is 0 Å². The number of rotatable bonds is 3. The maximum Gasteiger partial charge on any atom is 0.446 e. The normalized spacial score (nSPS) is 22.7. The summed E-state index contributed by atoms with van der Waals surface area (Å²) in [6, 6.07) is 0. The van der Waals surface area contributed by atoms with E-state index in [0.29, 0.717) is 25.7 Å². The molecule has 1 heterocycles. The highest BCUT2D eigenvalue weighted by molar-refractivity contribution is 5.96. The van der Waals surface area contributed by atoms with Gasteiger partial charge in [-0.05, 0) is 25.7 Å². The van der Waals surface area contributed by atoms with Crippen LogP contribution < -0.4 is 0 Å². The lowest BCUT2D eigenvalue weighted by Crippen LogP contribution is -2.73. The Kier molecular flexibility index (Phi) is 5.81. The Morgan fingerprint density at radius 2 is 1.59 bits per heavy atom. The summed E-state index contributed by atoms with van der Waals surface area (Å²) in [4.78, 5) is 24.0. The second-order valence-electron chi connectivity index (χ2n) is 8.35. The van der Waals surface area contributed by atoms with Crippen molar-refractivity contribution >= 4 is 11.9 Å². The molecule has 1 aliphatic heterocycles. The molecule has 0 radical (unpaired) electrons. The molecule has 1 saturated carbocycles. The van der Waals surface area contributed by atoms with Crippen molar-refractivity contribution in [2.75, 3.05) is 13.2 Å². The number of alkyl halides is 6. The molecule has 11 heteroatoms. The van der Waals surface area contributed by atoms with E-state index in [0.717, 1.165) is 0 Å². The highest BCUT2D eigenvalue weighted by Crippen LogP contribution is 2.51. The molecule has 0 atom stereocenters. The molecule has 0 aromatic heterocycles. The summed E-state index contributed by atoms with van der Waals surface area (Å²) in [5.41, 5.74) is -7.23. The molecule has 0 bridgehead atoms. The number of amides is 1. The minimum atomic E-state index is -6.04. The molecular formula is C18H23F6NO4. The number of halogens is 6. The topological polar surface area (TPSA) is 55.8 Å². The summed E-state index contributed by atoms with van der Waals surface area (Å²) in [6.45, 7) is 5.58. The van der Waals surface area contributed by atoms with Crippen LogP contribution >= 0.6 is 0 Å². The maximum atomic E-state index is 13.5. The fourth-order valence-electron chi connectivity index (χ4n) is 3.81. The van der Waals surface area contributed by atoms with Crippen molar-refractivity contribution in [2.24, 2.45) is 5.41 Å². The highest BCUT2D eigenvalue weighted by Gasteiger charge is 2.78. The van der Waals surface area contributed by atoms with Gasteiger partial charge in [0, 0.05) is 11.0 Å². The quantitative estimate of drug-likeness (QED) is 0.383. The van der Waals surface area contributed by atoms with E-state index in [1.54, 1.807) is 20.8 Å². The smallest absolute Gasteiger partial charge is 0.446 e. The van der Waals surface area contributed by atoms with Gasteiger partial charge in [-0.15, -0.1) is 0 Å². The second-order valence-corrected chi connectivity index (χ2v) is 8.35. The zero-order chi connectivity index (χ0) is 22.5. The van der Waals surface area contributed by atoms with Gasteiger partial charge in [-0.3, -0.25) is 14.5 Å². The molecule has 1 amide bonds. The van der Waals surface area contributed by atoms with E-state index < -0.39 is 64.6 Å². The van der Waals surface area contributed by atoms with E-state index in [4.69, 9.17) is 4.74 Å². The largest absolute Gasteiger partial charge is 0.457 e. The summed E-state index contributed by atoms with van der Waals surface area (Å²) < 4.78 is 90.8. The molecule has 0 spiro atoms. The van der Waals surface area contributed by atoms with Gasteiger partial charge in [-0.25, -0.2) is 0 Å². The van der Waals surface area contributed by atoms with E-state index in [1.807, 2.05) is 0 Å². The maximum absolute atomic E-state index is 13.5. The Hall–Kier alpha value is -1.78. The van der Waals surface area contributed by atoms with Crippen LogP contribution in [0.1, 0.15) is 46.5 Å². The molecule has 2 fully saturated rings. The predicted molar refractivity (Wildman–Crippen MR) is 88.4 cm³/mol. The minimum absolute atomic E-state index is 0.420. The van der Waals surface area contributed by atoms with Crippen molar-refractivity contribution in [3.63, 3.8) is 0 Å². The van der Waals surface area contributed by atoms with E-state index in [-0.39, 0.29) is 0 Å². The predicted octanol–water partition coefficient (Wildman–Crippen LogP) is 4.12. The van der Waals surface area contributed by atoms with Crippen LogP contribution in [0.25, 0.3) is 0 Å². The molecule has 0 aromatic rings. The zero-order valence-electron chi connectivity index (χ0n) is 16.3. The highest BCUT2D eigenvalue weighted by atomic mass is 19.4. The number of carbonyl (C=O) groups excluding carboxylic acids is 2. The van der Waals surface area contributed by atoms with Crippen molar-refractivity contribution < 1.29 is 45.4 Å². The monoisotopic (exact) mass is 431 g/mol. The fraction of sp³-hybridized carbons (Fsp3) is 0.778. The van der Waals surface area contributed by atoms with Gasteiger partial charge in [0.2, 0.25) is 0 Å². The first-order valence-corrected chi connectivity index (χ1v) is 8.97. The lowest BCUT2D eigenvalue weighted by Gasteiger charge is -2.47. The number of esters is 1. The van der Waals surface area contributed by atoms with E-state index in [1.165, 1.54) is 0 Å². The molecule has 29 heavy (non-hydrogen) atoms. The lowest BCUT2D eigenvalue weighted by molar-refractivity contribution is -0.422. The fourth-order valence-corrected chi connectivity index (χ4v) is 3.81. The van der Waals surface area contributed by atoms with E-state index in [2.05, 4.69) is 11.3 Å². The van der Waals surface area contributed by atoms with Gasteiger partial charge in [0.1, 0.15) is 12.1 Å². The molecule has 2 rings (SSSR count). The third-order valence-electron chi connectivity index (χ3n) is 5.53. The van der Waals surface area contributed by atoms with Gasteiger partial charge >= 0.3 is 24.0 Å². The molecule has 1 aliphatic carbocycles. The number of hydrogen-bond donors (Lipinski definition) is 0. The summed E-state index contributed by atoms with van der Waals surface area (Å²) in [6.07, 6.45) is -9.86. The minimum Gasteiger partial charge on any atom is -0.457 e. The SMILES string of the molecule is C=C1COC(C(F)(F)F)(C(F)(F)F)N(CC(=O)OC2(C(C)(C)C)CCCC2)C1=O. The van der Waals surface area contributed by atoms with Crippen molar-refractivity contribution in [1.29, 1.82) is 0 Å². The van der Waals surface area contributed by atoms with Gasteiger partial charge in [0.05, 0.1) is 6.61 Å². The van der Waals surface area contributed by atoms with Crippen LogP contribution in [0.2, 0.25) is 0 Å². The van der Waals surface area contributed by atoms with Crippen LogP contribution in [0, 0.1) is 5.41 Å². The first-order chi connectivity index (χ1) is 13.0. The van der Waals surface area contributed by atoms with Gasteiger partial charge in [0.25, 0.3) is 5.91 Å².